The third kappa shape index (κ3) is 3.21. The van der Waals surface area contributed by atoms with Crippen LogP contribution in [0.3, 0.4) is 0 Å². The number of carbonyl (C=O) groups excluding carboxylic acids is 1. The zero-order valence-corrected chi connectivity index (χ0v) is 10.9. The number of nitrogens with zero attached hydrogens (tertiary/aromatic N) is 3. The molecule has 0 spiro atoms. The lowest BCUT2D eigenvalue weighted by Gasteiger charge is -2.20. The fourth-order valence-electron chi connectivity index (χ4n) is 1.86. The van der Waals surface area contributed by atoms with Crippen molar-refractivity contribution in [1.29, 1.82) is 0 Å². The molecule has 0 bridgehead atoms. The molecule has 1 heterocycles. The smallest absolute Gasteiger partial charge is 0.272 e. The number of hydrogen-bond donors (Lipinski definition) is 2. The van der Waals surface area contributed by atoms with E-state index in [4.69, 9.17) is 10.9 Å². The van der Waals surface area contributed by atoms with E-state index in [0.29, 0.717) is 23.7 Å². The number of oxime groups is 1. The molecule has 3 N–H and O–H groups in total. The van der Waals surface area contributed by atoms with Crippen molar-refractivity contribution in [3.05, 3.63) is 29.6 Å². The van der Waals surface area contributed by atoms with Gasteiger partial charge < -0.3 is 15.8 Å². The van der Waals surface area contributed by atoms with Crippen LogP contribution in [0.1, 0.15) is 35.8 Å². The van der Waals surface area contributed by atoms with E-state index >= 15 is 0 Å². The van der Waals surface area contributed by atoms with Crippen LogP contribution in [0.25, 0.3) is 0 Å². The van der Waals surface area contributed by atoms with Gasteiger partial charge in [-0.05, 0) is 37.8 Å². The lowest BCUT2D eigenvalue weighted by molar-refractivity contribution is 0.0751. The lowest BCUT2D eigenvalue weighted by atomic mass is 10.2. The van der Waals surface area contributed by atoms with E-state index in [0.717, 1.165) is 6.54 Å². The zero-order valence-electron chi connectivity index (χ0n) is 10.9. The van der Waals surface area contributed by atoms with Crippen molar-refractivity contribution in [2.75, 3.05) is 13.1 Å². The molecule has 6 nitrogen and oxygen atoms in total. The highest BCUT2D eigenvalue weighted by Crippen LogP contribution is 2.29. The molecule has 1 saturated carbocycles. The Kier molecular flexibility index (Phi) is 3.99. The Morgan fingerprint density at radius 2 is 2.32 bits per heavy atom. The van der Waals surface area contributed by atoms with Crippen molar-refractivity contribution >= 4 is 11.7 Å². The quantitative estimate of drug-likeness (QED) is 0.359. The second-order valence-electron chi connectivity index (χ2n) is 4.70. The molecule has 1 aliphatic rings. The highest BCUT2D eigenvalue weighted by molar-refractivity contribution is 5.98. The predicted octanol–water partition coefficient (Wildman–Crippen LogP) is 1.05. The molecule has 102 valence electrons. The third-order valence-electron chi connectivity index (χ3n) is 3.23. The van der Waals surface area contributed by atoms with Crippen LogP contribution < -0.4 is 5.73 Å². The van der Waals surface area contributed by atoms with E-state index in [1.54, 1.807) is 12.1 Å². The Bertz CT molecular complexity index is 480. The molecule has 1 amide bonds. The van der Waals surface area contributed by atoms with Crippen molar-refractivity contribution < 1.29 is 10.0 Å². The topological polar surface area (TPSA) is 91.8 Å². The number of rotatable bonds is 5. The summed E-state index contributed by atoms with van der Waals surface area (Å²) < 4.78 is 0. The molecule has 0 aliphatic heterocycles. The number of nitrogens with two attached hydrogens (primary N) is 1. The van der Waals surface area contributed by atoms with Crippen molar-refractivity contribution in [1.82, 2.24) is 9.88 Å². The van der Waals surface area contributed by atoms with Crippen LogP contribution in [-0.2, 0) is 0 Å². The van der Waals surface area contributed by atoms with Crippen LogP contribution in [0.4, 0.5) is 0 Å². The summed E-state index contributed by atoms with van der Waals surface area (Å²) in [4.78, 5) is 18.1. The first-order chi connectivity index (χ1) is 9.15. The average molecular weight is 262 g/mol. The van der Waals surface area contributed by atoms with Gasteiger partial charge in [0, 0.05) is 24.8 Å². The standard InChI is InChI=1S/C13H18N4O2/c1-2-17(8-9-3-4-9)13(18)11-6-5-10(7-15-11)12(14)16-19/h5-7,9,19H,2-4,8H2,1H3,(H2,14,16). The van der Waals surface area contributed by atoms with Crippen LogP contribution in [0, 0.1) is 5.92 Å². The number of amidine groups is 1. The van der Waals surface area contributed by atoms with E-state index in [-0.39, 0.29) is 11.7 Å². The van der Waals surface area contributed by atoms with Crippen molar-refractivity contribution in [2.24, 2.45) is 16.8 Å². The van der Waals surface area contributed by atoms with Gasteiger partial charge in [0.15, 0.2) is 5.84 Å². The first-order valence-electron chi connectivity index (χ1n) is 6.39. The molecule has 0 unspecified atom stereocenters. The van der Waals surface area contributed by atoms with Crippen molar-refractivity contribution in [3.63, 3.8) is 0 Å². The maximum Gasteiger partial charge on any atom is 0.272 e. The summed E-state index contributed by atoms with van der Waals surface area (Å²) in [6.07, 6.45) is 3.85. The Morgan fingerprint density at radius 3 is 2.79 bits per heavy atom. The van der Waals surface area contributed by atoms with Gasteiger partial charge in [0.2, 0.25) is 0 Å². The molecule has 0 atom stereocenters. The van der Waals surface area contributed by atoms with Crippen LogP contribution in [0.15, 0.2) is 23.5 Å². The molecule has 0 radical (unpaired) electrons. The van der Waals surface area contributed by atoms with Crippen LogP contribution >= 0.6 is 0 Å². The van der Waals surface area contributed by atoms with E-state index in [1.165, 1.54) is 19.0 Å². The van der Waals surface area contributed by atoms with Gasteiger partial charge >= 0.3 is 0 Å². The van der Waals surface area contributed by atoms with Crippen LogP contribution in [0.5, 0.6) is 0 Å². The van der Waals surface area contributed by atoms with Gasteiger partial charge in [0.1, 0.15) is 5.69 Å². The number of carbonyl (C=O) groups is 1. The summed E-state index contributed by atoms with van der Waals surface area (Å²) in [6, 6.07) is 3.23. The fraction of sp³-hybridized carbons (Fsp3) is 0.462. The van der Waals surface area contributed by atoms with Crippen molar-refractivity contribution in [2.45, 2.75) is 19.8 Å². The molecular formula is C13H18N4O2. The molecular weight excluding hydrogens is 244 g/mol. The molecule has 2 rings (SSSR count). The highest BCUT2D eigenvalue weighted by atomic mass is 16.4. The van der Waals surface area contributed by atoms with E-state index in [2.05, 4.69) is 10.1 Å². The molecule has 0 aromatic carbocycles. The number of amides is 1. The van der Waals surface area contributed by atoms with Crippen LogP contribution in [0.2, 0.25) is 0 Å². The summed E-state index contributed by atoms with van der Waals surface area (Å²) in [5.74, 6) is 0.567. The van der Waals surface area contributed by atoms with Gasteiger partial charge in [0.05, 0.1) is 0 Å². The van der Waals surface area contributed by atoms with Crippen LogP contribution in [-0.4, -0.2) is 39.9 Å². The molecule has 6 heteroatoms. The second-order valence-corrected chi connectivity index (χ2v) is 4.70. The maximum absolute atomic E-state index is 12.2. The summed E-state index contributed by atoms with van der Waals surface area (Å²) >= 11 is 0. The molecule has 1 aromatic rings. The first kappa shape index (κ1) is 13.3. The fourth-order valence-corrected chi connectivity index (χ4v) is 1.86. The summed E-state index contributed by atoms with van der Waals surface area (Å²) in [6.45, 7) is 3.45. The van der Waals surface area contributed by atoms with Crippen molar-refractivity contribution in [3.8, 4) is 0 Å². The first-order valence-corrected chi connectivity index (χ1v) is 6.39. The summed E-state index contributed by atoms with van der Waals surface area (Å²) in [5.41, 5.74) is 6.32. The molecule has 1 aromatic heterocycles. The number of aromatic nitrogens is 1. The minimum atomic E-state index is -0.0690. The Hall–Kier alpha value is -2.11. The molecule has 1 fully saturated rings. The highest BCUT2D eigenvalue weighted by Gasteiger charge is 2.26. The summed E-state index contributed by atoms with van der Waals surface area (Å²) in [7, 11) is 0. The van der Waals surface area contributed by atoms with E-state index < -0.39 is 0 Å². The minimum Gasteiger partial charge on any atom is -0.409 e. The largest absolute Gasteiger partial charge is 0.409 e. The van der Waals surface area contributed by atoms with Gasteiger partial charge in [-0.3, -0.25) is 9.78 Å². The maximum atomic E-state index is 12.2. The average Bonchev–Trinajstić information content (AvgIpc) is 3.27. The predicted molar refractivity (Wildman–Crippen MR) is 71.0 cm³/mol. The van der Waals surface area contributed by atoms with Gasteiger partial charge in [-0.15, -0.1) is 0 Å². The normalized spacial score (nSPS) is 15.3. The zero-order chi connectivity index (χ0) is 13.8. The van der Waals surface area contributed by atoms with E-state index in [1.807, 2.05) is 11.8 Å². The second kappa shape index (κ2) is 5.69. The molecule has 1 aliphatic carbocycles. The molecule has 19 heavy (non-hydrogen) atoms. The number of pyridine rings is 1. The lowest BCUT2D eigenvalue weighted by Crippen LogP contribution is -2.33. The van der Waals surface area contributed by atoms with Gasteiger partial charge in [-0.1, -0.05) is 5.16 Å². The molecule has 0 saturated heterocycles. The Balaban J connectivity index is 2.09. The summed E-state index contributed by atoms with van der Waals surface area (Å²) in [5, 5.41) is 11.5. The van der Waals surface area contributed by atoms with Gasteiger partial charge in [0.25, 0.3) is 5.91 Å². The Labute approximate surface area is 111 Å². The third-order valence-corrected chi connectivity index (χ3v) is 3.23. The number of hydrogen-bond acceptors (Lipinski definition) is 4. The van der Waals surface area contributed by atoms with E-state index in [9.17, 15) is 4.79 Å². The SMILES string of the molecule is CCN(CC1CC1)C(=O)c1ccc(C(N)=NO)cn1. The minimum absolute atomic E-state index is 0.0168. The van der Waals surface area contributed by atoms with Gasteiger partial charge in [-0.2, -0.15) is 0 Å². The monoisotopic (exact) mass is 262 g/mol. The Morgan fingerprint density at radius 1 is 1.58 bits per heavy atom. The van der Waals surface area contributed by atoms with Gasteiger partial charge in [-0.25, -0.2) is 0 Å².